The maximum atomic E-state index is 11.9. The average Bonchev–Trinajstić information content (AvgIpc) is 2.49. The van der Waals surface area contributed by atoms with Gasteiger partial charge in [0.15, 0.2) is 0 Å². The molecule has 0 spiro atoms. The number of aryl methyl sites for hydroxylation is 1. The van der Waals surface area contributed by atoms with Crippen molar-refractivity contribution in [1.29, 1.82) is 0 Å². The number of rotatable bonds is 6. The van der Waals surface area contributed by atoms with E-state index in [0.29, 0.717) is 12.6 Å². The summed E-state index contributed by atoms with van der Waals surface area (Å²) in [7, 11) is 0. The molecule has 0 aliphatic heterocycles. The van der Waals surface area contributed by atoms with Crippen molar-refractivity contribution in [2.75, 3.05) is 11.9 Å². The maximum absolute atomic E-state index is 11.9. The highest BCUT2D eigenvalue weighted by Crippen LogP contribution is 2.27. The summed E-state index contributed by atoms with van der Waals surface area (Å²) in [5.74, 6) is 0.962. The molecule has 3 nitrogen and oxygen atoms in total. The van der Waals surface area contributed by atoms with Gasteiger partial charge in [0, 0.05) is 11.7 Å². The molecule has 0 aromatic heterocycles. The highest BCUT2D eigenvalue weighted by molar-refractivity contribution is 5.92. The van der Waals surface area contributed by atoms with Crippen LogP contribution in [-0.4, -0.2) is 18.5 Å². The first kappa shape index (κ1) is 16.0. The number of carbonyl (C=O) groups is 1. The Morgan fingerprint density at radius 1 is 1.14 bits per heavy atom. The molecule has 0 heterocycles. The predicted molar refractivity (Wildman–Crippen MR) is 88.5 cm³/mol. The van der Waals surface area contributed by atoms with E-state index in [4.69, 9.17) is 0 Å². The Hall–Kier alpha value is -1.35. The summed E-state index contributed by atoms with van der Waals surface area (Å²) < 4.78 is 0. The first-order valence-corrected chi connectivity index (χ1v) is 8.27. The molecule has 0 bridgehead atoms. The lowest BCUT2D eigenvalue weighted by atomic mass is 9.83. The van der Waals surface area contributed by atoms with Crippen LogP contribution >= 0.6 is 0 Å². The zero-order chi connectivity index (χ0) is 15.1. The van der Waals surface area contributed by atoms with Gasteiger partial charge in [-0.25, -0.2) is 0 Å². The Labute approximate surface area is 128 Å². The first-order chi connectivity index (χ1) is 10.2. The Morgan fingerprint density at radius 3 is 2.43 bits per heavy atom. The van der Waals surface area contributed by atoms with Gasteiger partial charge in [-0.05, 0) is 50.7 Å². The molecule has 1 fully saturated rings. The van der Waals surface area contributed by atoms with Crippen LogP contribution in [0.2, 0.25) is 0 Å². The van der Waals surface area contributed by atoms with Gasteiger partial charge >= 0.3 is 0 Å². The minimum Gasteiger partial charge on any atom is -0.325 e. The zero-order valence-corrected chi connectivity index (χ0v) is 13.3. The van der Waals surface area contributed by atoms with Crippen molar-refractivity contribution in [3.8, 4) is 0 Å². The topological polar surface area (TPSA) is 41.1 Å². The van der Waals surface area contributed by atoms with E-state index in [0.717, 1.165) is 11.6 Å². The van der Waals surface area contributed by atoms with Crippen LogP contribution in [0.3, 0.4) is 0 Å². The fourth-order valence-corrected chi connectivity index (χ4v) is 3.14. The van der Waals surface area contributed by atoms with Crippen LogP contribution in [0.5, 0.6) is 0 Å². The number of benzene rings is 1. The van der Waals surface area contributed by atoms with Gasteiger partial charge in [-0.15, -0.1) is 0 Å². The molecular weight excluding hydrogens is 260 g/mol. The number of hydrogen-bond acceptors (Lipinski definition) is 2. The van der Waals surface area contributed by atoms with E-state index >= 15 is 0 Å². The Morgan fingerprint density at radius 2 is 1.81 bits per heavy atom. The molecule has 2 rings (SSSR count). The SMILES string of the molecule is CCCC1CCC(NCC(=O)Nc2ccc(C)cc2)CC1. The average molecular weight is 288 g/mol. The Kier molecular flexibility index (Phi) is 6.24. The highest BCUT2D eigenvalue weighted by atomic mass is 16.1. The van der Waals surface area contributed by atoms with Crippen LogP contribution in [0.1, 0.15) is 51.0 Å². The van der Waals surface area contributed by atoms with Crippen LogP contribution in [0.15, 0.2) is 24.3 Å². The molecule has 21 heavy (non-hydrogen) atoms. The quantitative estimate of drug-likeness (QED) is 0.834. The fraction of sp³-hybridized carbons (Fsp3) is 0.611. The molecule has 1 amide bonds. The molecule has 116 valence electrons. The summed E-state index contributed by atoms with van der Waals surface area (Å²) in [4.78, 5) is 11.9. The maximum Gasteiger partial charge on any atom is 0.238 e. The van der Waals surface area contributed by atoms with Crippen LogP contribution in [0.4, 0.5) is 5.69 Å². The largest absolute Gasteiger partial charge is 0.325 e. The summed E-state index contributed by atoms with van der Waals surface area (Å²) in [6.45, 7) is 4.72. The van der Waals surface area contributed by atoms with Gasteiger partial charge in [0.2, 0.25) is 5.91 Å². The van der Waals surface area contributed by atoms with Crippen molar-refractivity contribution < 1.29 is 4.79 Å². The second kappa shape index (κ2) is 8.18. The Bertz CT molecular complexity index is 433. The lowest BCUT2D eigenvalue weighted by Crippen LogP contribution is -2.38. The third-order valence-corrected chi connectivity index (χ3v) is 4.43. The second-order valence-electron chi connectivity index (χ2n) is 6.30. The van der Waals surface area contributed by atoms with Crippen molar-refractivity contribution in [2.24, 2.45) is 5.92 Å². The molecule has 1 aromatic carbocycles. The summed E-state index contributed by atoms with van der Waals surface area (Å²) in [5, 5.41) is 6.34. The number of nitrogens with one attached hydrogen (secondary N) is 2. The van der Waals surface area contributed by atoms with E-state index < -0.39 is 0 Å². The van der Waals surface area contributed by atoms with Gasteiger partial charge in [-0.3, -0.25) is 4.79 Å². The monoisotopic (exact) mass is 288 g/mol. The van der Waals surface area contributed by atoms with Crippen molar-refractivity contribution in [1.82, 2.24) is 5.32 Å². The van der Waals surface area contributed by atoms with Crippen LogP contribution < -0.4 is 10.6 Å². The van der Waals surface area contributed by atoms with Gasteiger partial charge < -0.3 is 10.6 Å². The van der Waals surface area contributed by atoms with Crippen LogP contribution in [-0.2, 0) is 4.79 Å². The minimum absolute atomic E-state index is 0.0505. The normalized spacial score (nSPS) is 22.0. The Balaban J connectivity index is 1.66. The molecule has 1 aliphatic carbocycles. The van der Waals surface area contributed by atoms with Crippen molar-refractivity contribution >= 4 is 11.6 Å². The molecule has 1 aromatic rings. The zero-order valence-electron chi connectivity index (χ0n) is 13.3. The molecular formula is C18H28N2O. The van der Waals surface area contributed by atoms with E-state index in [9.17, 15) is 4.79 Å². The van der Waals surface area contributed by atoms with Crippen LogP contribution in [0, 0.1) is 12.8 Å². The second-order valence-corrected chi connectivity index (χ2v) is 6.30. The van der Waals surface area contributed by atoms with Gasteiger partial charge in [0.05, 0.1) is 6.54 Å². The lowest BCUT2D eigenvalue weighted by Gasteiger charge is -2.28. The highest BCUT2D eigenvalue weighted by Gasteiger charge is 2.20. The third kappa shape index (κ3) is 5.50. The van der Waals surface area contributed by atoms with Gasteiger partial charge in [0.1, 0.15) is 0 Å². The molecule has 1 saturated carbocycles. The number of hydrogen-bond donors (Lipinski definition) is 2. The summed E-state index contributed by atoms with van der Waals surface area (Å²) in [6, 6.07) is 8.43. The summed E-state index contributed by atoms with van der Waals surface area (Å²) >= 11 is 0. The van der Waals surface area contributed by atoms with Gasteiger partial charge in [-0.2, -0.15) is 0 Å². The smallest absolute Gasteiger partial charge is 0.238 e. The standard InChI is InChI=1S/C18H28N2O/c1-3-4-15-7-11-16(12-8-15)19-13-18(21)20-17-9-5-14(2)6-10-17/h5-6,9-10,15-16,19H,3-4,7-8,11-13H2,1-2H3,(H,20,21). The van der Waals surface area contributed by atoms with E-state index in [1.807, 2.05) is 31.2 Å². The van der Waals surface area contributed by atoms with E-state index in [2.05, 4.69) is 17.6 Å². The van der Waals surface area contributed by atoms with Gasteiger partial charge in [0.25, 0.3) is 0 Å². The van der Waals surface area contributed by atoms with Crippen LogP contribution in [0.25, 0.3) is 0 Å². The lowest BCUT2D eigenvalue weighted by molar-refractivity contribution is -0.115. The van der Waals surface area contributed by atoms with Gasteiger partial charge in [-0.1, -0.05) is 37.5 Å². The molecule has 1 aliphatic rings. The number of amides is 1. The molecule has 0 unspecified atom stereocenters. The summed E-state index contributed by atoms with van der Waals surface area (Å²) in [6.07, 6.45) is 7.70. The predicted octanol–water partition coefficient (Wildman–Crippen LogP) is 3.88. The number of anilines is 1. The number of carbonyl (C=O) groups excluding carboxylic acids is 1. The first-order valence-electron chi connectivity index (χ1n) is 8.27. The van der Waals surface area contributed by atoms with Crippen molar-refractivity contribution in [3.63, 3.8) is 0 Å². The molecule has 0 radical (unpaired) electrons. The van der Waals surface area contributed by atoms with E-state index in [1.165, 1.54) is 44.1 Å². The molecule has 0 saturated heterocycles. The fourth-order valence-electron chi connectivity index (χ4n) is 3.14. The third-order valence-electron chi connectivity index (χ3n) is 4.43. The summed E-state index contributed by atoms with van der Waals surface area (Å²) in [5.41, 5.74) is 2.08. The molecule has 0 atom stereocenters. The minimum atomic E-state index is 0.0505. The molecule has 2 N–H and O–H groups in total. The molecule has 3 heteroatoms. The van der Waals surface area contributed by atoms with E-state index in [1.54, 1.807) is 0 Å². The van der Waals surface area contributed by atoms with Crippen molar-refractivity contribution in [3.05, 3.63) is 29.8 Å². The van der Waals surface area contributed by atoms with E-state index in [-0.39, 0.29) is 5.91 Å². The van der Waals surface area contributed by atoms with Crippen molar-refractivity contribution in [2.45, 2.75) is 58.4 Å².